The molecular weight excluding hydrogens is 226 g/mol. The Hall–Kier alpha value is -0.740. The minimum Gasteiger partial charge on any atom is -0.490 e. The van der Waals surface area contributed by atoms with Crippen LogP contribution in [0.4, 0.5) is 0 Å². The van der Waals surface area contributed by atoms with E-state index in [9.17, 15) is 0 Å². The normalized spacial score (nSPS) is 9.88. The van der Waals surface area contributed by atoms with Crippen molar-refractivity contribution in [2.45, 2.75) is 39.2 Å². The molecule has 0 bridgehead atoms. The van der Waals surface area contributed by atoms with Gasteiger partial charge >= 0.3 is 0 Å². The molecule has 4 nitrogen and oxygen atoms in total. The van der Waals surface area contributed by atoms with Crippen LogP contribution in [0.1, 0.15) is 32.6 Å². The molecule has 94 valence electrons. The second kappa shape index (κ2) is 9.48. The molecule has 0 aromatic carbocycles. The summed E-state index contributed by atoms with van der Waals surface area (Å²) >= 11 is 0. The highest BCUT2D eigenvalue weighted by Crippen LogP contribution is 2.09. The minimum absolute atomic E-state index is 0. The lowest BCUT2D eigenvalue weighted by Crippen LogP contribution is -2.09. The summed E-state index contributed by atoms with van der Waals surface area (Å²) < 4.78 is 7.36. The Morgan fingerprint density at radius 3 is 2.88 bits per heavy atom. The second-order valence-electron chi connectivity index (χ2n) is 3.64. The molecule has 0 fully saturated rings. The Kier molecular flexibility index (Phi) is 9.04. The zero-order chi connectivity index (χ0) is 10.9. The fourth-order valence-corrected chi connectivity index (χ4v) is 1.39. The first-order chi connectivity index (χ1) is 7.36. The van der Waals surface area contributed by atoms with E-state index in [1.807, 2.05) is 6.20 Å². The van der Waals surface area contributed by atoms with Crippen molar-refractivity contribution in [1.29, 1.82) is 0 Å². The van der Waals surface area contributed by atoms with Crippen molar-refractivity contribution in [3.8, 4) is 5.75 Å². The zero-order valence-electron chi connectivity index (χ0n) is 9.89. The molecule has 0 saturated carbocycles. The van der Waals surface area contributed by atoms with Gasteiger partial charge in [-0.1, -0.05) is 26.2 Å². The van der Waals surface area contributed by atoms with Crippen LogP contribution >= 0.6 is 12.4 Å². The highest BCUT2D eigenvalue weighted by atomic mass is 35.5. The standard InChI is InChI=1S/C11H21N3O.ClH/c1-2-3-4-5-8-15-11-9-13-14(10-11)7-6-12;/h9-10H,2-8,12H2,1H3;1H. The predicted octanol–water partition coefficient (Wildman–Crippen LogP) is 2.22. The molecule has 0 aliphatic rings. The highest BCUT2D eigenvalue weighted by Gasteiger charge is 1.98. The van der Waals surface area contributed by atoms with E-state index in [2.05, 4.69) is 12.0 Å². The molecule has 1 aromatic heterocycles. The molecule has 5 heteroatoms. The van der Waals surface area contributed by atoms with Crippen molar-refractivity contribution >= 4 is 12.4 Å². The molecule has 0 unspecified atom stereocenters. The number of unbranched alkanes of at least 4 members (excludes halogenated alkanes) is 3. The Morgan fingerprint density at radius 1 is 1.38 bits per heavy atom. The quantitative estimate of drug-likeness (QED) is 0.717. The first kappa shape index (κ1) is 15.3. The molecular formula is C11H22ClN3O. The van der Waals surface area contributed by atoms with Gasteiger partial charge < -0.3 is 10.5 Å². The number of nitrogens with two attached hydrogens (primary N) is 1. The minimum atomic E-state index is 0. The molecule has 0 aliphatic carbocycles. The summed E-state index contributed by atoms with van der Waals surface area (Å²) in [6.45, 7) is 4.35. The number of halogens is 1. The maximum atomic E-state index is 5.56. The molecule has 0 aliphatic heterocycles. The van der Waals surface area contributed by atoms with Gasteiger partial charge in [-0.3, -0.25) is 4.68 Å². The monoisotopic (exact) mass is 247 g/mol. The van der Waals surface area contributed by atoms with Crippen LogP contribution in [0.3, 0.4) is 0 Å². The van der Waals surface area contributed by atoms with Crippen LogP contribution in [0.2, 0.25) is 0 Å². The van der Waals surface area contributed by atoms with E-state index in [0.29, 0.717) is 6.54 Å². The van der Waals surface area contributed by atoms with Crippen LogP contribution in [0.5, 0.6) is 5.75 Å². The van der Waals surface area contributed by atoms with E-state index in [1.165, 1.54) is 19.3 Å². The number of rotatable bonds is 8. The van der Waals surface area contributed by atoms with Crippen LogP contribution < -0.4 is 10.5 Å². The van der Waals surface area contributed by atoms with E-state index in [0.717, 1.165) is 25.3 Å². The van der Waals surface area contributed by atoms with Crippen molar-refractivity contribution in [1.82, 2.24) is 9.78 Å². The van der Waals surface area contributed by atoms with Gasteiger partial charge in [0.15, 0.2) is 5.75 Å². The molecule has 16 heavy (non-hydrogen) atoms. The molecule has 1 heterocycles. The summed E-state index contributed by atoms with van der Waals surface area (Å²) in [5.41, 5.74) is 5.42. The van der Waals surface area contributed by atoms with E-state index in [4.69, 9.17) is 10.5 Å². The van der Waals surface area contributed by atoms with Crippen LogP contribution in [-0.2, 0) is 6.54 Å². The van der Waals surface area contributed by atoms with Gasteiger partial charge in [0.1, 0.15) is 0 Å². The predicted molar refractivity (Wildman–Crippen MR) is 68.2 cm³/mol. The highest BCUT2D eigenvalue weighted by molar-refractivity contribution is 5.85. The number of aromatic nitrogens is 2. The first-order valence-corrected chi connectivity index (χ1v) is 5.72. The fourth-order valence-electron chi connectivity index (χ4n) is 1.39. The Morgan fingerprint density at radius 2 is 2.19 bits per heavy atom. The molecule has 0 amide bonds. The SMILES string of the molecule is CCCCCCOc1cnn(CCN)c1.Cl. The molecule has 1 aromatic rings. The van der Waals surface area contributed by atoms with Crippen LogP contribution in [0.15, 0.2) is 12.4 Å². The van der Waals surface area contributed by atoms with Gasteiger partial charge in [-0.05, 0) is 6.42 Å². The van der Waals surface area contributed by atoms with E-state index < -0.39 is 0 Å². The lowest BCUT2D eigenvalue weighted by atomic mass is 10.2. The largest absolute Gasteiger partial charge is 0.490 e. The summed E-state index contributed by atoms with van der Waals surface area (Å²) in [5, 5.41) is 4.13. The third kappa shape index (κ3) is 5.98. The van der Waals surface area contributed by atoms with Crippen LogP contribution in [-0.4, -0.2) is 22.9 Å². The van der Waals surface area contributed by atoms with E-state index in [1.54, 1.807) is 10.9 Å². The average molecular weight is 248 g/mol. The van der Waals surface area contributed by atoms with Crippen molar-refractivity contribution in [3.05, 3.63) is 12.4 Å². The Balaban J connectivity index is 0.00000225. The van der Waals surface area contributed by atoms with E-state index >= 15 is 0 Å². The lowest BCUT2D eigenvalue weighted by Gasteiger charge is -2.02. The number of hydrogen-bond acceptors (Lipinski definition) is 3. The molecule has 1 rings (SSSR count). The van der Waals surface area contributed by atoms with Gasteiger partial charge in [0, 0.05) is 6.54 Å². The number of hydrogen-bond donors (Lipinski definition) is 1. The molecule has 0 spiro atoms. The second-order valence-corrected chi connectivity index (χ2v) is 3.64. The number of ether oxygens (including phenoxy) is 1. The molecule has 0 saturated heterocycles. The molecule has 2 N–H and O–H groups in total. The van der Waals surface area contributed by atoms with Gasteiger partial charge in [-0.15, -0.1) is 12.4 Å². The van der Waals surface area contributed by atoms with Crippen molar-refractivity contribution < 1.29 is 4.74 Å². The van der Waals surface area contributed by atoms with Crippen LogP contribution in [0.25, 0.3) is 0 Å². The van der Waals surface area contributed by atoms with Gasteiger partial charge in [-0.2, -0.15) is 5.10 Å². The van der Waals surface area contributed by atoms with E-state index in [-0.39, 0.29) is 12.4 Å². The van der Waals surface area contributed by atoms with Crippen molar-refractivity contribution in [2.24, 2.45) is 5.73 Å². The summed E-state index contributed by atoms with van der Waals surface area (Å²) in [5.74, 6) is 0.847. The Labute approximate surface area is 104 Å². The summed E-state index contributed by atoms with van der Waals surface area (Å²) in [7, 11) is 0. The molecule has 0 radical (unpaired) electrons. The molecule has 0 atom stereocenters. The summed E-state index contributed by atoms with van der Waals surface area (Å²) in [4.78, 5) is 0. The lowest BCUT2D eigenvalue weighted by molar-refractivity contribution is 0.304. The smallest absolute Gasteiger partial charge is 0.157 e. The summed E-state index contributed by atoms with van der Waals surface area (Å²) in [6.07, 6.45) is 8.55. The third-order valence-corrected chi connectivity index (χ3v) is 2.23. The van der Waals surface area contributed by atoms with Gasteiger partial charge in [-0.25, -0.2) is 0 Å². The fraction of sp³-hybridized carbons (Fsp3) is 0.727. The van der Waals surface area contributed by atoms with Gasteiger partial charge in [0.2, 0.25) is 0 Å². The van der Waals surface area contributed by atoms with Gasteiger partial charge in [0.05, 0.1) is 25.5 Å². The number of nitrogens with zero attached hydrogens (tertiary/aromatic N) is 2. The summed E-state index contributed by atoms with van der Waals surface area (Å²) in [6, 6.07) is 0. The Bertz CT molecular complexity index is 265. The van der Waals surface area contributed by atoms with Crippen molar-refractivity contribution in [3.63, 3.8) is 0 Å². The maximum Gasteiger partial charge on any atom is 0.157 e. The third-order valence-electron chi connectivity index (χ3n) is 2.23. The first-order valence-electron chi connectivity index (χ1n) is 5.72. The van der Waals surface area contributed by atoms with Crippen LogP contribution in [0, 0.1) is 0 Å². The van der Waals surface area contributed by atoms with Gasteiger partial charge in [0.25, 0.3) is 0 Å². The topological polar surface area (TPSA) is 53.1 Å². The average Bonchev–Trinajstić information content (AvgIpc) is 2.66. The van der Waals surface area contributed by atoms with Crippen molar-refractivity contribution in [2.75, 3.05) is 13.2 Å². The zero-order valence-corrected chi connectivity index (χ0v) is 10.7. The maximum absolute atomic E-state index is 5.56.